The van der Waals surface area contributed by atoms with E-state index in [-0.39, 0.29) is 12.3 Å². The molecule has 2 heteroatoms. The van der Waals surface area contributed by atoms with Crippen LogP contribution in [0.2, 0.25) is 0 Å². The zero-order valence-corrected chi connectivity index (χ0v) is 6.58. The Hall–Kier alpha value is -1.05. The Labute approximate surface area is 66.2 Å². The van der Waals surface area contributed by atoms with Gasteiger partial charge in [0.1, 0.15) is 0 Å². The predicted molar refractivity (Wildman–Crippen MR) is 43.3 cm³/mol. The summed E-state index contributed by atoms with van der Waals surface area (Å²) in [5.41, 5.74) is 1.26. The highest BCUT2D eigenvalue weighted by Crippen LogP contribution is 2.20. The molecule has 0 spiro atoms. The van der Waals surface area contributed by atoms with Gasteiger partial charge in [0.2, 0.25) is 0 Å². The first-order valence-electron chi connectivity index (χ1n) is 3.74. The normalized spacial score (nSPS) is 23.0. The van der Waals surface area contributed by atoms with Gasteiger partial charge in [0.25, 0.3) is 0 Å². The third kappa shape index (κ3) is 2.58. The van der Waals surface area contributed by atoms with Gasteiger partial charge in [-0.05, 0) is 19.3 Å². The second kappa shape index (κ2) is 3.37. The van der Waals surface area contributed by atoms with Gasteiger partial charge in [-0.3, -0.25) is 4.79 Å². The van der Waals surface area contributed by atoms with E-state index >= 15 is 0 Å². The molecule has 2 nitrogen and oxygen atoms in total. The lowest BCUT2D eigenvalue weighted by Crippen LogP contribution is -2.07. The summed E-state index contributed by atoms with van der Waals surface area (Å²) in [4.78, 5) is 10.3. The summed E-state index contributed by atoms with van der Waals surface area (Å²) < 4.78 is 0. The van der Waals surface area contributed by atoms with Gasteiger partial charge in [0.15, 0.2) is 0 Å². The van der Waals surface area contributed by atoms with E-state index in [1.807, 2.05) is 25.2 Å². The highest BCUT2D eigenvalue weighted by molar-refractivity contribution is 5.67. The average molecular weight is 152 g/mol. The number of rotatable bonds is 2. The first-order chi connectivity index (χ1) is 5.18. The van der Waals surface area contributed by atoms with Crippen molar-refractivity contribution in [2.75, 3.05) is 0 Å². The van der Waals surface area contributed by atoms with Gasteiger partial charge in [0, 0.05) is 0 Å². The Morgan fingerprint density at radius 2 is 2.55 bits per heavy atom. The van der Waals surface area contributed by atoms with Crippen molar-refractivity contribution in [3.05, 3.63) is 23.8 Å². The van der Waals surface area contributed by atoms with Crippen LogP contribution in [0.25, 0.3) is 0 Å². The molecule has 0 fully saturated rings. The van der Waals surface area contributed by atoms with Crippen LogP contribution in [0.1, 0.15) is 19.8 Å². The molecule has 0 unspecified atom stereocenters. The Morgan fingerprint density at radius 3 is 3.09 bits per heavy atom. The fourth-order valence-electron chi connectivity index (χ4n) is 1.29. The summed E-state index contributed by atoms with van der Waals surface area (Å²) in [6, 6.07) is 0. The molecule has 0 radical (unpaired) electrons. The number of carboxylic acids is 1. The smallest absolute Gasteiger partial charge is 0.303 e. The number of carbonyl (C=O) groups is 1. The van der Waals surface area contributed by atoms with Gasteiger partial charge < -0.3 is 5.11 Å². The van der Waals surface area contributed by atoms with Crippen molar-refractivity contribution in [1.82, 2.24) is 0 Å². The second-order valence-electron chi connectivity index (χ2n) is 2.96. The van der Waals surface area contributed by atoms with Gasteiger partial charge in [-0.1, -0.05) is 23.8 Å². The summed E-state index contributed by atoms with van der Waals surface area (Å²) in [5, 5.41) is 8.50. The van der Waals surface area contributed by atoms with Gasteiger partial charge in [-0.2, -0.15) is 0 Å². The van der Waals surface area contributed by atoms with Crippen molar-refractivity contribution >= 4 is 5.97 Å². The maximum atomic E-state index is 10.3. The third-order valence-electron chi connectivity index (χ3n) is 1.78. The first kappa shape index (κ1) is 8.05. The molecule has 1 rings (SSSR count). The zero-order chi connectivity index (χ0) is 8.27. The van der Waals surface area contributed by atoms with E-state index in [2.05, 4.69) is 0 Å². The van der Waals surface area contributed by atoms with E-state index in [4.69, 9.17) is 5.11 Å². The summed E-state index contributed by atoms with van der Waals surface area (Å²) in [6.07, 6.45) is 7.07. The Balaban J connectivity index is 2.46. The fourth-order valence-corrected chi connectivity index (χ4v) is 1.29. The van der Waals surface area contributed by atoms with Gasteiger partial charge in [-0.25, -0.2) is 0 Å². The van der Waals surface area contributed by atoms with Crippen LogP contribution < -0.4 is 0 Å². The van der Waals surface area contributed by atoms with E-state index in [1.165, 1.54) is 5.57 Å². The molecule has 0 aromatic carbocycles. The van der Waals surface area contributed by atoms with Crippen molar-refractivity contribution in [2.45, 2.75) is 19.8 Å². The second-order valence-corrected chi connectivity index (χ2v) is 2.96. The predicted octanol–water partition coefficient (Wildman–Crippen LogP) is 1.98. The molecule has 0 amide bonds. The van der Waals surface area contributed by atoms with Crippen molar-refractivity contribution in [3.8, 4) is 0 Å². The van der Waals surface area contributed by atoms with E-state index in [0.29, 0.717) is 0 Å². The molecule has 11 heavy (non-hydrogen) atoms. The zero-order valence-electron chi connectivity index (χ0n) is 6.58. The third-order valence-corrected chi connectivity index (χ3v) is 1.78. The summed E-state index contributed by atoms with van der Waals surface area (Å²) in [6.45, 7) is 2.03. The number of allylic oxidation sites excluding steroid dienone is 4. The molecule has 0 saturated carbocycles. The lowest BCUT2D eigenvalue weighted by atomic mass is 9.93. The molecule has 0 aromatic rings. The lowest BCUT2D eigenvalue weighted by molar-refractivity contribution is -0.137. The highest BCUT2D eigenvalue weighted by atomic mass is 16.4. The molecule has 1 N–H and O–H groups in total. The molecule has 0 saturated heterocycles. The van der Waals surface area contributed by atoms with Crippen LogP contribution in [0.5, 0.6) is 0 Å². The maximum Gasteiger partial charge on any atom is 0.303 e. The van der Waals surface area contributed by atoms with Crippen LogP contribution in [-0.2, 0) is 4.79 Å². The van der Waals surface area contributed by atoms with Crippen LogP contribution >= 0.6 is 0 Å². The summed E-state index contributed by atoms with van der Waals surface area (Å²) in [7, 11) is 0. The standard InChI is InChI=1S/C9H12O2/c1-7-3-2-4-8(5-7)6-9(10)11/h2-4,8H,5-6H2,1H3,(H,10,11)/t8-/m1/s1. The molecule has 0 heterocycles. The first-order valence-corrected chi connectivity index (χ1v) is 3.74. The Kier molecular flexibility index (Phi) is 2.47. The van der Waals surface area contributed by atoms with E-state index < -0.39 is 5.97 Å². The topological polar surface area (TPSA) is 37.3 Å². The maximum absolute atomic E-state index is 10.3. The highest BCUT2D eigenvalue weighted by Gasteiger charge is 2.11. The quantitative estimate of drug-likeness (QED) is 0.657. The molecule has 60 valence electrons. The summed E-state index contributed by atoms with van der Waals surface area (Å²) >= 11 is 0. The number of hydrogen-bond donors (Lipinski definition) is 1. The largest absolute Gasteiger partial charge is 0.481 e. The van der Waals surface area contributed by atoms with E-state index in [1.54, 1.807) is 0 Å². The van der Waals surface area contributed by atoms with Crippen molar-refractivity contribution in [1.29, 1.82) is 0 Å². The SMILES string of the molecule is CC1=CC=C[C@@H](CC(=O)O)C1. The van der Waals surface area contributed by atoms with Crippen LogP contribution in [0.3, 0.4) is 0 Å². The van der Waals surface area contributed by atoms with Gasteiger partial charge in [0.05, 0.1) is 6.42 Å². The van der Waals surface area contributed by atoms with Crippen molar-refractivity contribution < 1.29 is 9.90 Å². The minimum atomic E-state index is -0.714. The number of hydrogen-bond acceptors (Lipinski definition) is 1. The van der Waals surface area contributed by atoms with Crippen molar-refractivity contribution in [2.24, 2.45) is 5.92 Å². The fraction of sp³-hybridized carbons (Fsp3) is 0.444. The molecular weight excluding hydrogens is 140 g/mol. The summed E-state index contributed by atoms with van der Waals surface area (Å²) in [5.74, 6) is -0.508. The van der Waals surface area contributed by atoms with Crippen LogP contribution in [-0.4, -0.2) is 11.1 Å². The van der Waals surface area contributed by atoms with Crippen LogP contribution in [0, 0.1) is 5.92 Å². The van der Waals surface area contributed by atoms with Gasteiger partial charge >= 0.3 is 5.97 Å². The average Bonchev–Trinajstić information content (AvgIpc) is 1.85. The van der Waals surface area contributed by atoms with E-state index in [9.17, 15) is 4.79 Å². The molecule has 0 aliphatic heterocycles. The molecule has 1 aliphatic rings. The van der Waals surface area contributed by atoms with Crippen LogP contribution in [0.4, 0.5) is 0 Å². The lowest BCUT2D eigenvalue weighted by Gasteiger charge is -2.13. The number of carboxylic acid groups (broad SMARTS) is 1. The van der Waals surface area contributed by atoms with Crippen molar-refractivity contribution in [3.63, 3.8) is 0 Å². The van der Waals surface area contributed by atoms with E-state index in [0.717, 1.165) is 6.42 Å². The van der Waals surface area contributed by atoms with Gasteiger partial charge in [-0.15, -0.1) is 0 Å². The Bertz CT molecular complexity index is 212. The van der Waals surface area contributed by atoms with Crippen LogP contribution in [0.15, 0.2) is 23.8 Å². The molecule has 1 aliphatic carbocycles. The molecular formula is C9H12O2. The minimum Gasteiger partial charge on any atom is -0.481 e. The molecule has 0 bridgehead atoms. The molecule has 0 aromatic heterocycles. The Morgan fingerprint density at radius 1 is 1.82 bits per heavy atom. The molecule has 1 atom stereocenters. The monoisotopic (exact) mass is 152 g/mol. The number of aliphatic carboxylic acids is 1. The minimum absolute atomic E-state index is 0.206.